The highest BCUT2D eigenvalue weighted by molar-refractivity contribution is 4.67. The third-order valence-corrected chi connectivity index (χ3v) is 2.70. The minimum atomic E-state index is -0.154. The standard InChI is InChI=1S/C12H27NO/c1-5-7-8-9-13(11(3)4)10-12(14)6-2/h11-12,14H,5-10H2,1-4H3. The van der Waals surface area contributed by atoms with Crippen molar-refractivity contribution in [2.45, 2.75) is 65.5 Å². The second kappa shape index (κ2) is 8.25. The lowest BCUT2D eigenvalue weighted by Crippen LogP contribution is -2.38. The summed E-state index contributed by atoms with van der Waals surface area (Å²) in [5, 5.41) is 9.59. The summed E-state index contributed by atoms with van der Waals surface area (Å²) in [5.74, 6) is 0. The first kappa shape index (κ1) is 13.9. The minimum absolute atomic E-state index is 0.154. The molecule has 86 valence electrons. The second-order valence-electron chi connectivity index (χ2n) is 4.36. The summed E-state index contributed by atoms with van der Waals surface area (Å²) in [6, 6.07) is 0.549. The molecule has 0 saturated carbocycles. The highest BCUT2D eigenvalue weighted by atomic mass is 16.3. The van der Waals surface area contributed by atoms with Crippen LogP contribution in [0.2, 0.25) is 0 Å². The number of hydrogen-bond donors (Lipinski definition) is 1. The maximum Gasteiger partial charge on any atom is 0.0664 e. The third kappa shape index (κ3) is 6.39. The molecular formula is C12H27NO. The molecule has 14 heavy (non-hydrogen) atoms. The summed E-state index contributed by atoms with van der Waals surface area (Å²) < 4.78 is 0. The van der Waals surface area contributed by atoms with Crippen molar-refractivity contribution in [2.75, 3.05) is 13.1 Å². The zero-order valence-corrected chi connectivity index (χ0v) is 10.3. The molecule has 0 saturated heterocycles. The maximum absolute atomic E-state index is 9.59. The number of unbranched alkanes of at least 4 members (excludes halogenated alkanes) is 2. The zero-order valence-electron chi connectivity index (χ0n) is 10.3. The molecule has 0 heterocycles. The topological polar surface area (TPSA) is 23.5 Å². The Morgan fingerprint density at radius 1 is 1.14 bits per heavy atom. The van der Waals surface area contributed by atoms with Crippen LogP contribution in [0.5, 0.6) is 0 Å². The number of nitrogens with zero attached hydrogens (tertiary/aromatic N) is 1. The second-order valence-corrected chi connectivity index (χ2v) is 4.36. The van der Waals surface area contributed by atoms with Crippen LogP contribution in [0.3, 0.4) is 0 Å². The molecule has 1 N–H and O–H groups in total. The van der Waals surface area contributed by atoms with E-state index in [4.69, 9.17) is 0 Å². The average molecular weight is 201 g/mol. The Labute approximate surface area is 89.3 Å². The minimum Gasteiger partial charge on any atom is -0.392 e. The molecular weight excluding hydrogens is 174 g/mol. The normalized spacial score (nSPS) is 13.9. The lowest BCUT2D eigenvalue weighted by molar-refractivity contribution is 0.0915. The van der Waals surface area contributed by atoms with E-state index in [1.165, 1.54) is 19.3 Å². The van der Waals surface area contributed by atoms with Gasteiger partial charge in [0.15, 0.2) is 0 Å². The molecule has 0 aliphatic rings. The molecule has 0 rings (SSSR count). The lowest BCUT2D eigenvalue weighted by atomic mass is 10.2. The van der Waals surface area contributed by atoms with Crippen molar-refractivity contribution >= 4 is 0 Å². The van der Waals surface area contributed by atoms with E-state index in [9.17, 15) is 5.11 Å². The van der Waals surface area contributed by atoms with Crippen LogP contribution in [0.4, 0.5) is 0 Å². The van der Waals surface area contributed by atoms with Crippen molar-refractivity contribution < 1.29 is 5.11 Å². The number of hydrogen-bond acceptors (Lipinski definition) is 2. The molecule has 0 aromatic heterocycles. The van der Waals surface area contributed by atoms with E-state index in [1.807, 2.05) is 6.92 Å². The Kier molecular flexibility index (Phi) is 8.20. The van der Waals surface area contributed by atoms with Crippen molar-refractivity contribution in [3.05, 3.63) is 0 Å². The Hall–Kier alpha value is -0.0800. The fourth-order valence-electron chi connectivity index (χ4n) is 1.52. The molecule has 0 aromatic carbocycles. The monoisotopic (exact) mass is 201 g/mol. The van der Waals surface area contributed by atoms with Crippen LogP contribution in [0, 0.1) is 0 Å². The van der Waals surface area contributed by atoms with E-state index >= 15 is 0 Å². The molecule has 0 spiro atoms. The van der Waals surface area contributed by atoms with Crippen molar-refractivity contribution in [3.8, 4) is 0 Å². The van der Waals surface area contributed by atoms with Crippen molar-refractivity contribution in [3.63, 3.8) is 0 Å². The van der Waals surface area contributed by atoms with Crippen molar-refractivity contribution in [1.29, 1.82) is 0 Å². The summed E-state index contributed by atoms with van der Waals surface area (Å²) in [4.78, 5) is 2.38. The van der Waals surface area contributed by atoms with E-state index < -0.39 is 0 Å². The van der Waals surface area contributed by atoms with Gasteiger partial charge in [-0.15, -0.1) is 0 Å². The number of aliphatic hydroxyl groups excluding tert-OH is 1. The molecule has 0 aromatic rings. The van der Waals surface area contributed by atoms with Gasteiger partial charge in [0, 0.05) is 12.6 Å². The molecule has 0 radical (unpaired) electrons. The third-order valence-electron chi connectivity index (χ3n) is 2.70. The fraction of sp³-hybridized carbons (Fsp3) is 1.00. The quantitative estimate of drug-likeness (QED) is 0.610. The molecule has 0 fully saturated rings. The van der Waals surface area contributed by atoms with Gasteiger partial charge in [0.05, 0.1) is 6.10 Å². The number of rotatable bonds is 8. The van der Waals surface area contributed by atoms with Gasteiger partial charge in [-0.05, 0) is 33.2 Å². The summed E-state index contributed by atoms with van der Waals surface area (Å²) in [5.41, 5.74) is 0. The van der Waals surface area contributed by atoms with E-state index in [-0.39, 0.29) is 6.10 Å². The van der Waals surface area contributed by atoms with Crippen molar-refractivity contribution in [2.24, 2.45) is 0 Å². The highest BCUT2D eigenvalue weighted by Gasteiger charge is 2.12. The van der Waals surface area contributed by atoms with Crippen LogP contribution < -0.4 is 0 Å². The van der Waals surface area contributed by atoms with Gasteiger partial charge >= 0.3 is 0 Å². The van der Waals surface area contributed by atoms with Gasteiger partial charge < -0.3 is 5.11 Å². The number of aliphatic hydroxyl groups is 1. The van der Waals surface area contributed by atoms with E-state index in [1.54, 1.807) is 0 Å². The SMILES string of the molecule is CCCCCN(CC(O)CC)C(C)C. The molecule has 0 aliphatic heterocycles. The lowest BCUT2D eigenvalue weighted by Gasteiger charge is -2.28. The Morgan fingerprint density at radius 3 is 2.21 bits per heavy atom. The van der Waals surface area contributed by atoms with Gasteiger partial charge in [0.25, 0.3) is 0 Å². The van der Waals surface area contributed by atoms with E-state index in [0.717, 1.165) is 19.5 Å². The largest absolute Gasteiger partial charge is 0.392 e. The van der Waals surface area contributed by atoms with Gasteiger partial charge in [-0.2, -0.15) is 0 Å². The van der Waals surface area contributed by atoms with Gasteiger partial charge in [-0.1, -0.05) is 26.7 Å². The first-order chi connectivity index (χ1) is 6.61. The fourth-order valence-corrected chi connectivity index (χ4v) is 1.52. The van der Waals surface area contributed by atoms with Gasteiger partial charge in [0.2, 0.25) is 0 Å². The highest BCUT2D eigenvalue weighted by Crippen LogP contribution is 2.05. The van der Waals surface area contributed by atoms with Crippen LogP contribution in [0.15, 0.2) is 0 Å². The van der Waals surface area contributed by atoms with Crippen LogP contribution >= 0.6 is 0 Å². The molecule has 0 aliphatic carbocycles. The van der Waals surface area contributed by atoms with Crippen LogP contribution in [0.1, 0.15) is 53.4 Å². The zero-order chi connectivity index (χ0) is 11.0. The first-order valence-corrected chi connectivity index (χ1v) is 6.03. The predicted molar refractivity (Wildman–Crippen MR) is 62.5 cm³/mol. The smallest absolute Gasteiger partial charge is 0.0664 e. The van der Waals surface area contributed by atoms with Crippen LogP contribution in [0.25, 0.3) is 0 Å². The predicted octanol–water partition coefficient (Wildman–Crippen LogP) is 2.66. The van der Waals surface area contributed by atoms with E-state index in [0.29, 0.717) is 6.04 Å². The molecule has 0 bridgehead atoms. The van der Waals surface area contributed by atoms with Crippen molar-refractivity contribution in [1.82, 2.24) is 4.90 Å². The van der Waals surface area contributed by atoms with Crippen LogP contribution in [-0.2, 0) is 0 Å². The van der Waals surface area contributed by atoms with Gasteiger partial charge in [-0.3, -0.25) is 4.90 Å². The van der Waals surface area contributed by atoms with Gasteiger partial charge in [-0.25, -0.2) is 0 Å². The summed E-state index contributed by atoms with van der Waals surface area (Å²) in [7, 11) is 0. The summed E-state index contributed by atoms with van der Waals surface area (Å²) >= 11 is 0. The average Bonchev–Trinajstić information content (AvgIpc) is 2.16. The first-order valence-electron chi connectivity index (χ1n) is 6.03. The molecule has 0 amide bonds. The Balaban J connectivity index is 3.77. The molecule has 2 heteroatoms. The Morgan fingerprint density at radius 2 is 1.79 bits per heavy atom. The summed E-state index contributed by atoms with van der Waals surface area (Å²) in [6.45, 7) is 10.6. The molecule has 2 nitrogen and oxygen atoms in total. The maximum atomic E-state index is 9.59. The summed E-state index contributed by atoms with van der Waals surface area (Å²) in [6.07, 6.45) is 4.52. The Bertz CT molecular complexity index is 125. The van der Waals surface area contributed by atoms with Crippen LogP contribution in [-0.4, -0.2) is 35.2 Å². The van der Waals surface area contributed by atoms with Gasteiger partial charge in [0.1, 0.15) is 0 Å². The molecule has 1 atom stereocenters. The molecule has 1 unspecified atom stereocenters. The van der Waals surface area contributed by atoms with E-state index in [2.05, 4.69) is 25.7 Å².